The summed E-state index contributed by atoms with van der Waals surface area (Å²) in [5.74, 6) is -0.198. The number of amides is 1. The van der Waals surface area contributed by atoms with Crippen molar-refractivity contribution in [1.82, 2.24) is 20.1 Å². The molecule has 0 radical (unpaired) electrons. The highest BCUT2D eigenvalue weighted by molar-refractivity contribution is 7.99. The van der Waals surface area contributed by atoms with Crippen molar-refractivity contribution in [3.05, 3.63) is 60.7 Å². The molecule has 0 unspecified atom stereocenters. The van der Waals surface area contributed by atoms with Gasteiger partial charge in [-0.05, 0) is 12.1 Å². The van der Waals surface area contributed by atoms with Crippen LogP contribution in [0.15, 0.2) is 65.8 Å². The van der Waals surface area contributed by atoms with Crippen molar-refractivity contribution in [2.45, 2.75) is 5.16 Å². The predicted octanol–water partition coefficient (Wildman–Crippen LogP) is 2.33. The van der Waals surface area contributed by atoms with Crippen molar-refractivity contribution < 1.29 is 19.1 Å². The van der Waals surface area contributed by atoms with Gasteiger partial charge in [0.05, 0.1) is 12.4 Å². The summed E-state index contributed by atoms with van der Waals surface area (Å²) in [7, 11) is 1.54. The average Bonchev–Trinajstić information content (AvgIpc) is 3.21. The molecule has 0 saturated carbocycles. The molecule has 1 N–H and O–H groups in total. The van der Waals surface area contributed by atoms with E-state index in [9.17, 15) is 9.59 Å². The number of nitrogens with zero attached hydrogens (tertiary/aromatic N) is 3. The Morgan fingerprint density at radius 2 is 1.73 bits per heavy atom. The second-order valence-corrected chi connectivity index (χ2v) is 7.08. The van der Waals surface area contributed by atoms with Crippen molar-refractivity contribution in [3.63, 3.8) is 0 Å². The molecule has 0 aliphatic carbocycles. The summed E-state index contributed by atoms with van der Waals surface area (Å²) in [5.41, 5.74) is 1.80. The Bertz CT molecular complexity index is 964. The first kappa shape index (κ1) is 21.5. The summed E-state index contributed by atoms with van der Waals surface area (Å²) in [6.45, 7) is 0.433. The zero-order chi connectivity index (χ0) is 21.2. The number of thioether (sulfide) groups is 1. The quantitative estimate of drug-likeness (QED) is 0.302. The molecule has 0 saturated heterocycles. The van der Waals surface area contributed by atoms with Crippen LogP contribution in [-0.2, 0) is 19.1 Å². The molecule has 0 fully saturated rings. The highest BCUT2D eigenvalue weighted by Gasteiger charge is 2.17. The van der Waals surface area contributed by atoms with Crippen LogP contribution < -0.4 is 5.32 Å². The Morgan fingerprint density at radius 3 is 2.43 bits per heavy atom. The van der Waals surface area contributed by atoms with Crippen LogP contribution in [0.25, 0.3) is 17.1 Å². The van der Waals surface area contributed by atoms with Crippen LogP contribution in [0.5, 0.6) is 0 Å². The Morgan fingerprint density at radius 1 is 1.03 bits per heavy atom. The molecule has 156 valence electrons. The summed E-state index contributed by atoms with van der Waals surface area (Å²) in [6.07, 6.45) is 0. The first-order valence-electron chi connectivity index (χ1n) is 9.29. The first-order chi connectivity index (χ1) is 14.7. The van der Waals surface area contributed by atoms with Crippen LogP contribution >= 0.6 is 11.8 Å². The molecule has 0 atom stereocenters. The highest BCUT2D eigenvalue weighted by Crippen LogP contribution is 2.27. The topological polar surface area (TPSA) is 95.3 Å². The number of aromatic nitrogens is 3. The van der Waals surface area contributed by atoms with Crippen LogP contribution in [-0.4, -0.2) is 59.3 Å². The van der Waals surface area contributed by atoms with Gasteiger partial charge in [0.1, 0.15) is 0 Å². The van der Waals surface area contributed by atoms with E-state index >= 15 is 0 Å². The minimum atomic E-state index is -0.509. The van der Waals surface area contributed by atoms with Crippen LogP contribution in [0, 0.1) is 0 Å². The third kappa shape index (κ3) is 5.91. The van der Waals surface area contributed by atoms with Crippen molar-refractivity contribution in [2.24, 2.45) is 0 Å². The number of carbonyl (C=O) groups excluding carboxylic acids is 2. The molecule has 9 heteroatoms. The molecular weight excluding hydrogens is 404 g/mol. The largest absolute Gasteiger partial charge is 0.455 e. The number of ether oxygens (including phenoxy) is 2. The number of rotatable bonds is 10. The zero-order valence-electron chi connectivity index (χ0n) is 16.5. The van der Waals surface area contributed by atoms with Crippen molar-refractivity contribution >= 4 is 23.6 Å². The Labute approximate surface area is 178 Å². The summed E-state index contributed by atoms with van der Waals surface area (Å²) >= 11 is 1.20. The summed E-state index contributed by atoms with van der Waals surface area (Å²) in [6, 6.07) is 19.4. The molecule has 2 aromatic carbocycles. The maximum Gasteiger partial charge on any atom is 0.316 e. The lowest BCUT2D eigenvalue weighted by atomic mass is 10.2. The van der Waals surface area contributed by atoms with Gasteiger partial charge in [0.15, 0.2) is 17.6 Å². The van der Waals surface area contributed by atoms with Gasteiger partial charge in [-0.25, -0.2) is 0 Å². The SMILES string of the molecule is COCCNC(=O)COC(=O)CSc1nnc(-c2ccccc2)n1-c1ccccc1. The van der Waals surface area contributed by atoms with Crippen LogP contribution in [0.4, 0.5) is 0 Å². The molecular formula is C21H22N4O4S. The van der Waals surface area contributed by atoms with Gasteiger partial charge in [-0.15, -0.1) is 10.2 Å². The number of para-hydroxylation sites is 1. The number of hydrogen-bond donors (Lipinski definition) is 1. The number of nitrogens with one attached hydrogen (secondary N) is 1. The number of carbonyl (C=O) groups is 2. The molecule has 1 heterocycles. The second kappa shape index (κ2) is 11.1. The second-order valence-electron chi connectivity index (χ2n) is 6.14. The van der Waals surface area contributed by atoms with E-state index in [2.05, 4.69) is 15.5 Å². The Kier molecular flexibility index (Phi) is 7.99. The van der Waals surface area contributed by atoms with Crippen LogP contribution in [0.3, 0.4) is 0 Å². The fourth-order valence-corrected chi connectivity index (χ4v) is 3.35. The maximum atomic E-state index is 12.1. The molecule has 0 bridgehead atoms. The lowest BCUT2D eigenvalue weighted by molar-refractivity contribution is -0.145. The molecule has 0 spiro atoms. The summed E-state index contributed by atoms with van der Waals surface area (Å²) in [5, 5.41) is 11.7. The van der Waals surface area contributed by atoms with E-state index in [-0.39, 0.29) is 18.3 Å². The normalized spacial score (nSPS) is 10.6. The number of esters is 1. The zero-order valence-corrected chi connectivity index (χ0v) is 17.3. The van der Waals surface area contributed by atoms with Gasteiger partial charge in [-0.3, -0.25) is 14.2 Å². The monoisotopic (exact) mass is 426 g/mol. The van der Waals surface area contributed by atoms with Gasteiger partial charge < -0.3 is 14.8 Å². The van der Waals surface area contributed by atoms with Gasteiger partial charge in [-0.1, -0.05) is 60.3 Å². The Hall–Kier alpha value is -3.17. The Balaban J connectivity index is 1.67. The van der Waals surface area contributed by atoms with E-state index in [1.54, 1.807) is 7.11 Å². The standard InChI is InChI=1S/C21H22N4O4S/c1-28-13-12-22-18(26)14-29-19(27)15-30-21-24-23-20(16-8-4-2-5-9-16)25(21)17-10-6-3-7-11-17/h2-11H,12-15H2,1H3,(H,22,26). The smallest absolute Gasteiger partial charge is 0.316 e. The molecule has 30 heavy (non-hydrogen) atoms. The van der Waals surface area contributed by atoms with Gasteiger partial charge in [0.2, 0.25) is 0 Å². The van der Waals surface area contributed by atoms with Crippen LogP contribution in [0.1, 0.15) is 0 Å². The van der Waals surface area contributed by atoms with Crippen molar-refractivity contribution in [3.8, 4) is 17.1 Å². The molecule has 8 nitrogen and oxygen atoms in total. The fourth-order valence-electron chi connectivity index (χ4n) is 2.60. The highest BCUT2D eigenvalue weighted by atomic mass is 32.2. The first-order valence-corrected chi connectivity index (χ1v) is 10.3. The van der Waals surface area contributed by atoms with Crippen molar-refractivity contribution in [2.75, 3.05) is 32.6 Å². The number of benzene rings is 2. The molecule has 0 aliphatic rings. The van der Waals surface area contributed by atoms with Crippen LogP contribution in [0.2, 0.25) is 0 Å². The molecule has 0 aliphatic heterocycles. The third-order valence-electron chi connectivity index (χ3n) is 3.99. The molecule has 1 aromatic heterocycles. The lowest BCUT2D eigenvalue weighted by Gasteiger charge is -2.10. The van der Waals surface area contributed by atoms with E-state index < -0.39 is 5.97 Å². The average molecular weight is 426 g/mol. The summed E-state index contributed by atoms with van der Waals surface area (Å²) < 4.78 is 11.8. The van der Waals surface area contributed by atoms with E-state index in [4.69, 9.17) is 9.47 Å². The summed E-state index contributed by atoms with van der Waals surface area (Å²) in [4.78, 5) is 23.7. The molecule has 1 amide bonds. The van der Waals surface area contributed by atoms with E-state index in [0.29, 0.717) is 24.1 Å². The van der Waals surface area contributed by atoms with E-state index in [1.807, 2.05) is 65.2 Å². The van der Waals surface area contributed by atoms with Gasteiger partial charge in [-0.2, -0.15) is 0 Å². The molecule has 3 aromatic rings. The van der Waals surface area contributed by atoms with Crippen molar-refractivity contribution in [1.29, 1.82) is 0 Å². The van der Waals surface area contributed by atoms with E-state index in [0.717, 1.165) is 11.3 Å². The number of hydrogen-bond acceptors (Lipinski definition) is 7. The van der Waals surface area contributed by atoms with E-state index in [1.165, 1.54) is 11.8 Å². The lowest BCUT2D eigenvalue weighted by Crippen LogP contribution is -2.31. The minimum absolute atomic E-state index is 0.00507. The van der Waals surface area contributed by atoms with Gasteiger partial charge in [0.25, 0.3) is 5.91 Å². The minimum Gasteiger partial charge on any atom is -0.455 e. The van der Waals surface area contributed by atoms with Gasteiger partial charge >= 0.3 is 5.97 Å². The predicted molar refractivity (Wildman–Crippen MR) is 113 cm³/mol. The van der Waals surface area contributed by atoms with Gasteiger partial charge in [0, 0.05) is 24.9 Å². The fraction of sp³-hybridized carbons (Fsp3) is 0.238. The molecule has 3 rings (SSSR count). The maximum absolute atomic E-state index is 12.1. The number of methoxy groups -OCH3 is 1. The third-order valence-corrected chi connectivity index (χ3v) is 4.89.